The molecule has 1 aromatic heterocycles. The van der Waals surface area contributed by atoms with Crippen LogP contribution in [0.4, 0.5) is 4.39 Å². The molecule has 102 valence electrons. The molecule has 0 saturated heterocycles. The van der Waals surface area contributed by atoms with Crippen LogP contribution in [-0.4, -0.2) is 9.78 Å². The molecule has 0 aliphatic rings. The third-order valence-corrected chi connectivity index (χ3v) is 3.81. The van der Waals surface area contributed by atoms with Crippen LogP contribution in [0.3, 0.4) is 0 Å². The van der Waals surface area contributed by atoms with E-state index in [0.717, 1.165) is 17.8 Å². The zero-order valence-corrected chi connectivity index (χ0v) is 12.6. The lowest BCUT2D eigenvalue weighted by atomic mass is 10.0. The van der Waals surface area contributed by atoms with Crippen molar-refractivity contribution in [3.05, 3.63) is 51.5 Å². The second-order valence-electron chi connectivity index (χ2n) is 4.56. The van der Waals surface area contributed by atoms with Crippen molar-refractivity contribution in [2.24, 2.45) is 12.8 Å². The fourth-order valence-corrected chi connectivity index (χ4v) is 2.46. The van der Waals surface area contributed by atoms with Crippen LogP contribution in [0, 0.1) is 5.82 Å². The minimum Gasteiger partial charge on any atom is -0.324 e. The Morgan fingerprint density at radius 2 is 2.21 bits per heavy atom. The number of hydrogen-bond donors (Lipinski definition) is 1. The topological polar surface area (TPSA) is 43.8 Å². The zero-order chi connectivity index (χ0) is 14.0. The van der Waals surface area contributed by atoms with E-state index in [0.29, 0.717) is 16.5 Å². The van der Waals surface area contributed by atoms with E-state index in [2.05, 4.69) is 28.0 Å². The smallest absolute Gasteiger partial charge is 0.142 e. The number of benzene rings is 1. The summed E-state index contributed by atoms with van der Waals surface area (Å²) in [4.78, 5) is 0. The molecule has 0 bridgehead atoms. The first-order chi connectivity index (χ1) is 9.02. The molecular weight excluding hydrogens is 309 g/mol. The van der Waals surface area contributed by atoms with Crippen molar-refractivity contribution in [3.8, 4) is 0 Å². The van der Waals surface area contributed by atoms with Crippen LogP contribution in [0.5, 0.6) is 0 Å². The molecule has 1 atom stereocenters. The number of rotatable bonds is 4. The number of halogens is 2. The second kappa shape index (κ2) is 5.84. The fraction of sp³-hybridized carbons (Fsp3) is 0.357. The molecule has 19 heavy (non-hydrogen) atoms. The Balaban J connectivity index is 2.22. The first-order valence-electron chi connectivity index (χ1n) is 6.24. The fourth-order valence-electron chi connectivity index (χ4n) is 2.08. The number of nitrogens with zero attached hydrogens (tertiary/aromatic N) is 2. The normalized spacial score (nSPS) is 12.7. The average molecular weight is 326 g/mol. The standard InChI is InChI=1S/C14H17BrFN3/c1-3-9-7-10(19(2)18-9)8-13(17)11-5-4-6-12(15)14(11)16/h4-7,13H,3,8,17H2,1-2H3. The van der Waals surface area contributed by atoms with Crippen molar-refractivity contribution < 1.29 is 4.39 Å². The summed E-state index contributed by atoms with van der Waals surface area (Å²) in [7, 11) is 1.89. The van der Waals surface area contributed by atoms with Crippen molar-refractivity contribution in [1.29, 1.82) is 0 Å². The molecule has 0 aliphatic heterocycles. The van der Waals surface area contributed by atoms with Crippen molar-refractivity contribution in [1.82, 2.24) is 9.78 Å². The Bertz CT molecular complexity index is 580. The molecule has 2 N–H and O–H groups in total. The van der Waals surface area contributed by atoms with Crippen LogP contribution in [0.15, 0.2) is 28.7 Å². The molecule has 0 spiro atoms. The SMILES string of the molecule is CCc1cc(CC(N)c2cccc(Br)c2F)n(C)n1. The summed E-state index contributed by atoms with van der Waals surface area (Å²) < 4.78 is 16.2. The molecular formula is C14H17BrFN3. The highest BCUT2D eigenvalue weighted by Crippen LogP contribution is 2.24. The van der Waals surface area contributed by atoms with E-state index in [-0.39, 0.29) is 11.9 Å². The number of nitrogens with two attached hydrogens (primary N) is 1. The molecule has 1 aromatic carbocycles. The molecule has 3 nitrogen and oxygen atoms in total. The van der Waals surface area contributed by atoms with Gasteiger partial charge in [-0.15, -0.1) is 0 Å². The lowest BCUT2D eigenvalue weighted by Gasteiger charge is -2.13. The van der Waals surface area contributed by atoms with Gasteiger partial charge in [0.05, 0.1) is 10.2 Å². The van der Waals surface area contributed by atoms with E-state index in [4.69, 9.17) is 5.73 Å². The van der Waals surface area contributed by atoms with Crippen LogP contribution < -0.4 is 5.73 Å². The Morgan fingerprint density at radius 3 is 2.84 bits per heavy atom. The first kappa shape index (κ1) is 14.2. The third-order valence-electron chi connectivity index (χ3n) is 3.20. The van der Waals surface area contributed by atoms with E-state index < -0.39 is 0 Å². The van der Waals surface area contributed by atoms with E-state index in [9.17, 15) is 4.39 Å². The summed E-state index contributed by atoms with van der Waals surface area (Å²) in [5, 5.41) is 4.37. The molecule has 0 amide bonds. The molecule has 1 heterocycles. The maximum Gasteiger partial charge on any atom is 0.142 e. The van der Waals surface area contributed by atoms with Crippen molar-refractivity contribution in [3.63, 3.8) is 0 Å². The summed E-state index contributed by atoms with van der Waals surface area (Å²) in [6, 6.07) is 6.84. The van der Waals surface area contributed by atoms with Crippen molar-refractivity contribution in [2.75, 3.05) is 0 Å². The summed E-state index contributed by atoms with van der Waals surface area (Å²) in [5.74, 6) is -0.284. The minimum absolute atomic E-state index is 0.284. The van der Waals surface area contributed by atoms with Crippen molar-refractivity contribution >= 4 is 15.9 Å². The first-order valence-corrected chi connectivity index (χ1v) is 7.03. The molecule has 2 aromatic rings. The van der Waals surface area contributed by atoms with Gasteiger partial charge in [-0.05, 0) is 34.5 Å². The van der Waals surface area contributed by atoms with Crippen molar-refractivity contribution in [2.45, 2.75) is 25.8 Å². The highest BCUT2D eigenvalue weighted by Gasteiger charge is 2.16. The predicted molar refractivity (Wildman–Crippen MR) is 77.3 cm³/mol. The maximum atomic E-state index is 14.0. The Hall–Kier alpha value is -1.20. The highest BCUT2D eigenvalue weighted by atomic mass is 79.9. The van der Waals surface area contributed by atoms with Crippen LogP contribution in [0.1, 0.15) is 29.9 Å². The minimum atomic E-state index is -0.377. The van der Waals surface area contributed by atoms with Gasteiger partial charge < -0.3 is 5.73 Å². The largest absolute Gasteiger partial charge is 0.324 e. The van der Waals surface area contributed by atoms with Gasteiger partial charge >= 0.3 is 0 Å². The molecule has 0 radical (unpaired) electrons. The van der Waals surface area contributed by atoms with Gasteiger partial charge in [0.25, 0.3) is 0 Å². The summed E-state index contributed by atoms with van der Waals surface area (Å²) in [6.45, 7) is 2.06. The maximum absolute atomic E-state index is 14.0. The number of aryl methyl sites for hydroxylation is 2. The van der Waals surface area contributed by atoms with Crippen LogP contribution >= 0.6 is 15.9 Å². The Kier molecular flexibility index (Phi) is 4.37. The lowest BCUT2D eigenvalue weighted by molar-refractivity contribution is 0.564. The van der Waals surface area contributed by atoms with E-state index in [1.54, 1.807) is 18.2 Å². The third kappa shape index (κ3) is 3.04. The molecule has 0 saturated carbocycles. The van der Waals surface area contributed by atoms with E-state index in [1.165, 1.54) is 0 Å². The Labute approximate surface area is 120 Å². The Morgan fingerprint density at radius 1 is 1.47 bits per heavy atom. The molecule has 5 heteroatoms. The van der Waals surface area contributed by atoms with E-state index >= 15 is 0 Å². The van der Waals surface area contributed by atoms with Gasteiger partial charge in [-0.2, -0.15) is 5.10 Å². The van der Waals surface area contributed by atoms with Crippen LogP contribution in [0.2, 0.25) is 0 Å². The van der Waals surface area contributed by atoms with Gasteiger partial charge in [0.1, 0.15) is 5.82 Å². The van der Waals surface area contributed by atoms with Crippen LogP contribution in [-0.2, 0) is 19.9 Å². The van der Waals surface area contributed by atoms with Gasteiger partial charge in [-0.1, -0.05) is 19.1 Å². The van der Waals surface area contributed by atoms with Gasteiger partial charge in [0.2, 0.25) is 0 Å². The average Bonchev–Trinajstić information content (AvgIpc) is 2.73. The van der Waals surface area contributed by atoms with Gasteiger partial charge in [-0.3, -0.25) is 4.68 Å². The quantitative estimate of drug-likeness (QED) is 0.938. The lowest BCUT2D eigenvalue weighted by Crippen LogP contribution is -2.17. The molecule has 1 unspecified atom stereocenters. The summed E-state index contributed by atoms with van der Waals surface area (Å²) >= 11 is 3.18. The molecule has 0 aliphatic carbocycles. The van der Waals surface area contributed by atoms with Crippen LogP contribution in [0.25, 0.3) is 0 Å². The van der Waals surface area contributed by atoms with Gasteiger partial charge in [-0.25, -0.2) is 4.39 Å². The summed E-state index contributed by atoms with van der Waals surface area (Å²) in [5.41, 5.74) is 8.68. The second-order valence-corrected chi connectivity index (χ2v) is 5.41. The molecule has 0 fully saturated rings. The zero-order valence-electron chi connectivity index (χ0n) is 11.0. The summed E-state index contributed by atoms with van der Waals surface area (Å²) in [6.07, 6.45) is 1.45. The number of hydrogen-bond acceptors (Lipinski definition) is 2. The monoisotopic (exact) mass is 325 g/mol. The van der Waals surface area contributed by atoms with E-state index in [1.807, 2.05) is 17.8 Å². The van der Waals surface area contributed by atoms with Gasteiger partial charge in [0.15, 0.2) is 0 Å². The van der Waals surface area contributed by atoms with Gasteiger partial charge in [0, 0.05) is 30.8 Å². The predicted octanol–water partition coefficient (Wildman–Crippen LogP) is 3.13. The highest BCUT2D eigenvalue weighted by molar-refractivity contribution is 9.10. The number of aromatic nitrogens is 2. The molecule has 2 rings (SSSR count).